The summed E-state index contributed by atoms with van der Waals surface area (Å²) in [4.78, 5) is 11.2. The Morgan fingerprint density at radius 1 is 1.26 bits per heavy atom. The maximum atomic E-state index is 11.2. The molecule has 136 valence electrons. The monoisotopic (exact) mass is 362 g/mol. The van der Waals surface area contributed by atoms with Gasteiger partial charge in [0.2, 0.25) is 0 Å². The molecule has 2 heterocycles. The first kappa shape index (κ1) is 16.9. The van der Waals surface area contributed by atoms with Gasteiger partial charge in [0.25, 0.3) is 5.88 Å². The van der Waals surface area contributed by atoms with Crippen LogP contribution in [0, 0.1) is 0 Å². The van der Waals surface area contributed by atoms with E-state index in [1.807, 2.05) is 6.07 Å². The molecule has 6 heteroatoms. The molecule has 2 aliphatic rings. The highest BCUT2D eigenvalue weighted by Gasteiger charge is 2.16. The largest absolute Gasteiger partial charge is 0.478 e. The molecule has 4 rings (SSSR count). The molecule has 0 bridgehead atoms. The first-order valence-electron chi connectivity index (χ1n) is 8.65. The molecule has 27 heavy (non-hydrogen) atoms. The lowest BCUT2D eigenvalue weighted by Gasteiger charge is -2.18. The molecule has 2 aromatic rings. The number of hydrogen-bond acceptors (Lipinski definition) is 4. The van der Waals surface area contributed by atoms with Crippen molar-refractivity contribution in [3.05, 3.63) is 84.3 Å². The number of benzene rings is 1. The molecular formula is C21H18N2O4. The molecule has 1 aromatic carbocycles. The van der Waals surface area contributed by atoms with Gasteiger partial charge in [-0.2, -0.15) is 5.10 Å². The fourth-order valence-electron chi connectivity index (χ4n) is 2.98. The molecule has 1 aromatic heterocycles. The molecule has 0 amide bonds. The Kier molecular flexibility index (Phi) is 4.61. The van der Waals surface area contributed by atoms with E-state index in [0.717, 1.165) is 29.7 Å². The highest BCUT2D eigenvalue weighted by atomic mass is 16.6. The van der Waals surface area contributed by atoms with E-state index in [1.54, 1.807) is 41.5 Å². The van der Waals surface area contributed by atoms with Gasteiger partial charge in [-0.3, -0.25) is 0 Å². The van der Waals surface area contributed by atoms with Crippen LogP contribution in [0.5, 0.6) is 0 Å². The average molecular weight is 362 g/mol. The van der Waals surface area contributed by atoms with Crippen molar-refractivity contribution in [3.8, 4) is 11.1 Å². The number of aromatic nitrogens is 2. The standard InChI is InChI=1S/C21H18N2O4/c24-21(25)17-8-4-7-16(10-17)18-11-22-23(12-18)20-14-26-13-19(27-20)9-15-5-2-1-3-6-15/h1-2,4-5,7-8,10-14H,3,6,9H2,(H,24,25). The van der Waals surface area contributed by atoms with Crippen LogP contribution in [0.25, 0.3) is 17.0 Å². The van der Waals surface area contributed by atoms with Crippen molar-refractivity contribution in [2.45, 2.75) is 19.3 Å². The third kappa shape index (κ3) is 3.84. The van der Waals surface area contributed by atoms with E-state index in [2.05, 4.69) is 23.3 Å². The molecule has 0 fully saturated rings. The molecule has 1 aliphatic heterocycles. The molecule has 0 unspecified atom stereocenters. The van der Waals surface area contributed by atoms with E-state index >= 15 is 0 Å². The van der Waals surface area contributed by atoms with E-state index in [4.69, 9.17) is 14.6 Å². The zero-order valence-corrected chi connectivity index (χ0v) is 14.5. The maximum absolute atomic E-state index is 11.2. The summed E-state index contributed by atoms with van der Waals surface area (Å²) in [5.74, 6) is 0.219. The van der Waals surface area contributed by atoms with Crippen molar-refractivity contribution in [1.29, 1.82) is 0 Å². The summed E-state index contributed by atoms with van der Waals surface area (Å²) < 4.78 is 12.9. The minimum atomic E-state index is -0.961. The van der Waals surface area contributed by atoms with Gasteiger partial charge in [-0.25, -0.2) is 9.48 Å². The minimum absolute atomic E-state index is 0.233. The molecular weight excluding hydrogens is 344 g/mol. The van der Waals surface area contributed by atoms with Crippen LogP contribution in [0.2, 0.25) is 0 Å². The molecule has 1 N–H and O–H groups in total. The van der Waals surface area contributed by atoms with Crippen molar-refractivity contribution in [2.75, 3.05) is 0 Å². The van der Waals surface area contributed by atoms with Gasteiger partial charge in [0.15, 0.2) is 6.26 Å². The van der Waals surface area contributed by atoms with E-state index in [9.17, 15) is 4.79 Å². The maximum Gasteiger partial charge on any atom is 0.335 e. The van der Waals surface area contributed by atoms with Crippen molar-refractivity contribution >= 4 is 11.9 Å². The second-order valence-corrected chi connectivity index (χ2v) is 6.31. The average Bonchev–Trinajstić information content (AvgIpc) is 3.19. The third-order valence-corrected chi connectivity index (χ3v) is 4.36. The van der Waals surface area contributed by atoms with Gasteiger partial charge in [-0.15, -0.1) is 0 Å². The van der Waals surface area contributed by atoms with Crippen LogP contribution in [0.3, 0.4) is 0 Å². The number of hydrogen-bond donors (Lipinski definition) is 1. The number of allylic oxidation sites excluding steroid dienone is 4. The quantitative estimate of drug-likeness (QED) is 0.844. The topological polar surface area (TPSA) is 73.6 Å². The van der Waals surface area contributed by atoms with Crippen LogP contribution < -0.4 is 0 Å². The van der Waals surface area contributed by atoms with Gasteiger partial charge in [-0.1, -0.05) is 35.9 Å². The SMILES string of the molecule is O=C(O)c1cccc(-c2cnn(C3=COC=C(CC4=CC=CCC4)O3)c2)c1. The predicted molar refractivity (Wildman–Crippen MR) is 100 cm³/mol. The molecule has 0 saturated heterocycles. The third-order valence-electron chi connectivity index (χ3n) is 4.36. The number of ether oxygens (including phenoxy) is 2. The van der Waals surface area contributed by atoms with Crippen LogP contribution in [0.4, 0.5) is 0 Å². The predicted octanol–water partition coefficient (Wildman–Crippen LogP) is 4.56. The Labute approximate surface area is 156 Å². The van der Waals surface area contributed by atoms with Crippen molar-refractivity contribution in [1.82, 2.24) is 9.78 Å². The van der Waals surface area contributed by atoms with Crippen LogP contribution in [0.1, 0.15) is 29.6 Å². The molecule has 0 spiro atoms. The first-order valence-corrected chi connectivity index (χ1v) is 8.65. The first-order chi connectivity index (χ1) is 13.2. The fourth-order valence-corrected chi connectivity index (χ4v) is 2.98. The van der Waals surface area contributed by atoms with Crippen LogP contribution in [-0.4, -0.2) is 20.9 Å². The van der Waals surface area contributed by atoms with Gasteiger partial charge in [0.1, 0.15) is 12.0 Å². The lowest BCUT2D eigenvalue weighted by molar-refractivity contribution is 0.0697. The van der Waals surface area contributed by atoms with Crippen molar-refractivity contribution in [2.24, 2.45) is 0 Å². The minimum Gasteiger partial charge on any atom is -0.478 e. The summed E-state index contributed by atoms with van der Waals surface area (Å²) in [6.07, 6.45) is 15.6. The molecule has 0 radical (unpaired) electrons. The van der Waals surface area contributed by atoms with Crippen LogP contribution >= 0.6 is 0 Å². The highest BCUT2D eigenvalue weighted by Crippen LogP contribution is 2.27. The van der Waals surface area contributed by atoms with E-state index in [1.165, 1.54) is 11.8 Å². The van der Waals surface area contributed by atoms with Crippen LogP contribution in [0.15, 0.2) is 78.7 Å². The number of carbonyl (C=O) groups is 1. The van der Waals surface area contributed by atoms with Gasteiger partial charge < -0.3 is 14.6 Å². The number of nitrogens with zero attached hydrogens (tertiary/aromatic N) is 2. The Balaban J connectivity index is 1.49. The van der Waals surface area contributed by atoms with E-state index < -0.39 is 5.97 Å². The molecule has 0 saturated carbocycles. The Bertz CT molecular complexity index is 995. The van der Waals surface area contributed by atoms with E-state index in [-0.39, 0.29) is 5.56 Å². The molecule has 1 aliphatic carbocycles. The lowest BCUT2D eigenvalue weighted by Crippen LogP contribution is -2.07. The highest BCUT2D eigenvalue weighted by molar-refractivity contribution is 5.89. The summed E-state index contributed by atoms with van der Waals surface area (Å²) in [6, 6.07) is 6.73. The fraction of sp³-hybridized carbons (Fsp3) is 0.143. The van der Waals surface area contributed by atoms with E-state index in [0.29, 0.717) is 12.3 Å². The number of carboxylic acid groups (broad SMARTS) is 1. The Morgan fingerprint density at radius 2 is 2.19 bits per heavy atom. The summed E-state index contributed by atoms with van der Waals surface area (Å²) in [7, 11) is 0. The van der Waals surface area contributed by atoms with Gasteiger partial charge in [0.05, 0.1) is 11.8 Å². The number of rotatable bonds is 5. The van der Waals surface area contributed by atoms with Crippen LogP contribution in [-0.2, 0) is 9.47 Å². The van der Waals surface area contributed by atoms with Gasteiger partial charge in [0, 0.05) is 18.2 Å². The Hall–Kier alpha value is -3.54. The smallest absolute Gasteiger partial charge is 0.335 e. The number of aromatic carboxylic acids is 1. The summed E-state index contributed by atoms with van der Waals surface area (Å²) in [5.41, 5.74) is 3.09. The summed E-state index contributed by atoms with van der Waals surface area (Å²) >= 11 is 0. The summed E-state index contributed by atoms with van der Waals surface area (Å²) in [6.45, 7) is 0. The van der Waals surface area contributed by atoms with Crippen molar-refractivity contribution in [3.63, 3.8) is 0 Å². The zero-order chi connectivity index (χ0) is 18.6. The zero-order valence-electron chi connectivity index (χ0n) is 14.5. The van der Waals surface area contributed by atoms with Gasteiger partial charge >= 0.3 is 5.97 Å². The molecule has 6 nitrogen and oxygen atoms in total. The lowest BCUT2D eigenvalue weighted by atomic mass is 10.0. The number of carboxylic acids is 1. The second-order valence-electron chi connectivity index (χ2n) is 6.31. The van der Waals surface area contributed by atoms with Crippen molar-refractivity contribution < 1.29 is 19.4 Å². The Morgan fingerprint density at radius 3 is 3.00 bits per heavy atom. The normalized spacial score (nSPS) is 15.9. The van der Waals surface area contributed by atoms with Gasteiger partial charge in [-0.05, 0) is 30.5 Å². The second kappa shape index (κ2) is 7.37. The molecule has 0 atom stereocenters. The summed E-state index contributed by atoms with van der Waals surface area (Å²) in [5, 5.41) is 13.5.